The molecule has 25 heavy (non-hydrogen) atoms. The third-order valence-electron chi connectivity index (χ3n) is 4.04. The van der Waals surface area contributed by atoms with E-state index in [-0.39, 0.29) is 18.4 Å². The van der Waals surface area contributed by atoms with Crippen molar-refractivity contribution in [3.63, 3.8) is 0 Å². The summed E-state index contributed by atoms with van der Waals surface area (Å²) in [6.07, 6.45) is 0. The Hall–Kier alpha value is -2.82. The molecule has 1 heterocycles. The minimum absolute atomic E-state index is 0.0483. The zero-order valence-electron chi connectivity index (χ0n) is 14.5. The minimum atomic E-state index is -0.0759. The number of carbonyl (C=O) groups is 2. The summed E-state index contributed by atoms with van der Waals surface area (Å²) >= 11 is 0. The van der Waals surface area contributed by atoms with Crippen LogP contribution in [0, 0.1) is 5.92 Å². The fourth-order valence-corrected chi connectivity index (χ4v) is 2.67. The average Bonchev–Trinajstić information content (AvgIpc) is 2.62. The van der Waals surface area contributed by atoms with E-state index >= 15 is 0 Å². The molecule has 2 amide bonds. The molecule has 0 atom stereocenters. The van der Waals surface area contributed by atoms with Crippen molar-refractivity contribution in [3.05, 3.63) is 59.7 Å². The van der Waals surface area contributed by atoms with Gasteiger partial charge < -0.3 is 15.0 Å². The molecule has 0 saturated carbocycles. The SMILES string of the molecule is CC(C)CNC(=O)c1ccc(CN2C(=O)COc3ccccc32)cc1. The van der Waals surface area contributed by atoms with E-state index in [1.807, 2.05) is 36.4 Å². The Bertz CT molecular complexity index is 769. The Labute approximate surface area is 147 Å². The summed E-state index contributed by atoms with van der Waals surface area (Å²) in [7, 11) is 0. The number of anilines is 1. The monoisotopic (exact) mass is 338 g/mol. The van der Waals surface area contributed by atoms with Gasteiger partial charge >= 0.3 is 0 Å². The first-order chi connectivity index (χ1) is 12.0. The summed E-state index contributed by atoms with van der Waals surface area (Å²) in [5, 5.41) is 2.90. The average molecular weight is 338 g/mol. The summed E-state index contributed by atoms with van der Waals surface area (Å²) < 4.78 is 5.46. The Kier molecular flexibility index (Phi) is 5.03. The van der Waals surface area contributed by atoms with Gasteiger partial charge in [-0.1, -0.05) is 38.1 Å². The van der Waals surface area contributed by atoms with Crippen LogP contribution < -0.4 is 15.0 Å². The normalized spacial score (nSPS) is 13.4. The molecule has 0 aromatic heterocycles. The van der Waals surface area contributed by atoms with Crippen LogP contribution in [0.2, 0.25) is 0 Å². The lowest BCUT2D eigenvalue weighted by molar-refractivity contribution is -0.121. The standard InChI is InChI=1S/C20H22N2O3/c1-14(2)11-21-20(24)16-9-7-15(8-10-16)12-22-17-5-3-4-6-18(17)25-13-19(22)23/h3-10,14H,11-13H2,1-2H3,(H,21,24). The molecule has 2 aromatic rings. The smallest absolute Gasteiger partial charge is 0.265 e. The number of ether oxygens (including phenoxy) is 1. The minimum Gasteiger partial charge on any atom is -0.482 e. The van der Waals surface area contributed by atoms with Gasteiger partial charge in [0.1, 0.15) is 5.75 Å². The summed E-state index contributed by atoms with van der Waals surface area (Å²) in [5.41, 5.74) is 2.36. The van der Waals surface area contributed by atoms with Crippen molar-refractivity contribution in [3.8, 4) is 5.75 Å². The number of nitrogens with one attached hydrogen (secondary N) is 1. The lowest BCUT2D eigenvalue weighted by Crippen LogP contribution is -2.38. The number of benzene rings is 2. The summed E-state index contributed by atoms with van der Waals surface area (Å²) in [4.78, 5) is 26.0. The maximum atomic E-state index is 12.2. The van der Waals surface area contributed by atoms with E-state index in [1.165, 1.54) is 0 Å². The fraction of sp³-hybridized carbons (Fsp3) is 0.300. The summed E-state index contributed by atoms with van der Waals surface area (Å²) in [6.45, 7) is 5.26. The first-order valence-electron chi connectivity index (χ1n) is 8.44. The molecule has 0 bridgehead atoms. The zero-order chi connectivity index (χ0) is 17.8. The van der Waals surface area contributed by atoms with Gasteiger partial charge in [0.05, 0.1) is 12.2 Å². The largest absolute Gasteiger partial charge is 0.482 e. The van der Waals surface area contributed by atoms with Crippen molar-refractivity contribution < 1.29 is 14.3 Å². The number of amides is 2. The van der Waals surface area contributed by atoms with Crippen LogP contribution in [0.3, 0.4) is 0 Å². The highest BCUT2D eigenvalue weighted by Gasteiger charge is 2.25. The number of hydrogen-bond acceptors (Lipinski definition) is 3. The number of rotatable bonds is 5. The molecule has 1 aliphatic rings. The maximum absolute atomic E-state index is 12.2. The number of hydrogen-bond donors (Lipinski definition) is 1. The highest BCUT2D eigenvalue weighted by Crippen LogP contribution is 2.32. The van der Waals surface area contributed by atoms with Crippen molar-refractivity contribution >= 4 is 17.5 Å². The number of para-hydroxylation sites is 2. The second-order valence-corrected chi connectivity index (χ2v) is 6.54. The van der Waals surface area contributed by atoms with Crippen LogP contribution in [-0.2, 0) is 11.3 Å². The van der Waals surface area contributed by atoms with Crippen molar-refractivity contribution in [1.29, 1.82) is 0 Å². The van der Waals surface area contributed by atoms with E-state index in [2.05, 4.69) is 19.2 Å². The van der Waals surface area contributed by atoms with E-state index < -0.39 is 0 Å². The van der Waals surface area contributed by atoms with Crippen LogP contribution >= 0.6 is 0 Å². The summed E-state index contributed by atoms with van der Waals surface area (Å²) in [6, 6.07) is 14.9. The lowest BCUT2D eigenvalue weighted by atomic mass is 10.1. The van der Waals surface area contributed by atoms with Crippen LogP contribution in [0.15, 0.2) is 48.5 Å². The van der Waals surface area contributed by atoms with Gasteiger partial charge in [-0.2, -0.15) is 0 Å². The third-order valence-corrected chi connectivity index (χ3v) is 4.04. The van der Waals surface area contributed by atoms with Crippen LogP contribution in [0.25, 0.3) is 0 Å². The number of carbonyl (C=O) groups excluding carboxylic acids is 2. The van der Waals surface area contributed by atoms with Gasteiger partial charge in [0.25, 0.3) is 11.8 Å². The van der Waals surface area contributed by atoms with Gasteiger partial charge in [-0.25, -0.2) is 0 Å². The van der Waals surface area contributed by atoms with Crippen LogP contribution in [0.1, 0.15) is 29.8 Å². The highest BCUT2D eigenvalue weighted by molar-refractivity contribution is 5.98. The molecule has 0 spiro atoms. The molecule has 1 N–H and O–H groups in total. The van der Waals surface area contributed by atoms with E-state index in [9.17, 15) is 9.59 Å². The second-order valence-electron chi connectivity index (χ2n) is 6.54. The molecule has 0 aliphatic carbocycles. The van der Waals surface area contributed by atoms with E-state index in [1.54, 1.807) is 17.0 Å². The van der Waals surface area contributed by atoms with E-state index in [0.717, 1.165) is 11.3 Å². The zero-order valence-corrected chi connectivity index (χ0v) is 14.5. The van der Waals surface area contributed by atoms with Crippen LogP contribution in [0.5, 0.6) is 5.75 Å². The molecule has 1 aliphatic heterocycles. The molecule has 5 nitrogen and oxygen atoms in total. The van der Waals surface area contributed by atoms with Crippen molar-refractivity contribution in [2.24, 2.45) is 5.92 Å². The maximum Gasteiger partial charge on any atom is 0.265 e. The van der Waals surface area contributed by atoms with Crippen molar-refractivity contribution in [2.75, 3.05) is 18.1 Å². The van der Waals surface area contributed by atoms with Gasteiger partial charge in [-0.15, -0.1) is 0 Å². The molecule has 0 fully saturated rings. The van der Waals surface area contributed by atoms with Gasteiger partial charge in [-0.05, 0) is 35.7 Å². The Balaban J connectivity index is 1.71. The third kappa shape index (κ3) is 3.99. The molecular weight excluding hydrogens is 316 g/mol. The quantitative estimate of drug-likeness (QED) is 0.912. The Morgan fingerprint density at radius 2 is 1.88 bits per heavy atom. The highest BCUT2D eigenvalue weighted by atomic mass is 16.5. The molecule has 3 rings (SSSR count). The fourth-order valence-electron chi connectivity index (χ4n) is 2.67. The van der Waals surface area contributed by atoms with Gasteiger partial charge in [-0.3, -0.25) is 9.59 Å². The Morgan fingerprint density at radius 1 is 1.16 bits per heavy atom. The summed E-state index contributed by atoms with van der Waals surface area (Å²) in [5.74, 6) is 0.980. The first kappa shape index (κ1) is 17.0. The predicted octanol–water partition coefficient (Wildman–Crippen LogP) is 3.00. The molecule has 0 radical (unpaired) electrons. The second kappa shape index (κ2) is 7.38. The molecule has 5 heteroatoms. The van der Waals surface area contributed by atoms with Crippen LogP contribution in [0.4, 0.5) is 5.69 Å². The molecule has 2 aromatic carbocycles. The Morgan fingerprint density at radius 3 is 2.60 bits per heavy atom. The number of fused-ring (bicyclic) bond motifs is 1. The molecule has 0 unspecified atom stereocenters. The lowest BCUT2D eigenvalue weighted by Gasteiger charge is -2.29. The van der Waals surface area contributed by atoms with E-state index in [4.69, 9.17) is 4.74 Å². The predicted molar refractivity (Wildman–Crippen MR) is 96.7 cm³/mol. The van der Waals surface area contributed by atoms with Crippen molar-refractivity contribution in [1.82, 2.24) is 5.32 Å². The molecular formula is C20H22N2O3. The van der Waals surface area contributed by atoms with E-state index in [0.29, 0.717) is 30.3 Å². The molecule has 130 valence electrons. The molecule has 0 saturated heterocycles. The van der Waals surface area contributed by atoms with Crippen molar-refractivity contribution in [2.45, 2.75) is 20.4 Å². The van der Waals surface area contributed by atoms with Gasteiger partial charge in [0.15, 0.2) is 6.61 Å². The van der Waals surface area contributed by atoms with Gasteiger partial charge in [0, 0.05) is 12.1 Å². The number of nitrogens with zero attached hydrogens (tertiary/aromatic N) is 1. The van der Waals surface area contributed by atoms with Gasteiger partial charge in [0.2, 0.25) is 0 Å². The topological polar surface area (TPSA) is 58.6 Å². The van der Waals surface area contributed by atoms with Crippen LogP contribution in [-0.4, -0.2) is 25.0 Å². The first-order valence-corrected chi connectivity index (χ1v) is 8.44.